The summed E-state index contributed by atoms with van der Waals surface area (Å²) >= 11 is 0. The number of amidine groups is 1. The molecular weight excluding hydrogens is 152 g/mol. The number of rotatable bonds is 1. The first-order valence-electron chi connectivity index (χ1n) is 4.09. The molecule has 4 nitrogen and oxygen atoms in total. The van der Waals surface area contributed by atoms with E-state index in [-0.39, 0.29) is 0 Å². The molecule has 0 atom stereocenters. The summed E-state index contributed by atoms with van der Waals surface area (Å²) in [6, 6.07) is 0. The lowest BCUT2D eigenvalue weighted by Crippen LogP contribution is -2.20. The van der Waals surface area contributed by atoms with Gasteiger partial charge in [0.15, 0.2) is 0 Å². The molecule has 64 valence electrons. The maximum Gasteiger partial charge on any atom is 0.149 e. The zero-order valence-electron chi connectivity index (χ0n) is 7.31. The third kappa shape index (κ3) is 1.09. The SMILES string of the molecule is Cc1nc(C2=NCCN2)c(C)[nH]1. The van der Waals surface area contributed by atoms with Crippen LogP contribution in [0, 0.1) is 13.8 Å². The van der Waals surface area contributed by atoms with E-state index in [1.165, 1.54) is 0 Å². The van der Waals surface area contributed by atoms with Gasteiger partial charge < -0.3 is 10.3 Å². The number of hydrogen-bond acceptors (Lipinski definition) is 3. The highest BCUT2D eigenvalue weighted by Gasteiger charge is 2.13. The number of H-pyrrole nitrogens is 1. The van der Waals surface area contributed by atoms with Crippen molar-refractivity contribution in [1.82, 2.24) is 15.3 Å². The van der Waals surface area contributed by atoms with Crippen molar-refractivity contribution >= 4 is 5.84 Å². The van der Waals surface area contributed by atoms with Crippen LogP contribution in [-0.4, -0.2) is 28.9 Å². The van der Waals surface area contributed by atoms with Crippen LogP contribution in [0.2, 0.25) is 0 Å². The van der Waals surface area contributed by atoms with Gasteiger partial charge in [0, 0.05) is 12.2 Å². The molecule has 0 radical (unpaired) electrons. The molecule has 12 heavy (non-hydrogen) atoms. The van der Waals surface area contributed by atoms with E-state index in [0.29, 0.717) is 0 Å². The Labute approximate surface area is 71.1 Å². The van der Waals surface area contributed by atoms with Gasteiger partial charge in [0.1, 0.15) is 17.4 Å². The lowest BCUT2D eigenvalue weighted by Gasteiger charge is -1.97. The van der Waals surface area contributed by atoms with Crippen LogP contribution in [0.1, 0.15) is 17.2 Å². The van der Waals surface area contributed by atoms with Crippen LogP contribution in [0.4, 0.5) is 0 Å². The number of aromatic amines is 1. The summed E-state index contributed by atoms with van der Waals surface area (Å²) in [5, 5.41) is 3.19. The molecule has 0 spiro atoms. The molecule has 0 saturated carbocycles. The first-order chi connectivity index (χ1) is 5.77. The maximum absolute atomic E-state index is 4.34. The highest BCUT2D eigenvalue weighted by molar-refractivity contribution is 5.99. The summed E-state index contributed by atoms with van der Waals surface area (Å²) in [5.74, 6) is 1.87. The Morgan fingerprint density at radius 1 is 1.33 bits per heavy atom. The maximum atomic E-state index is 4.34. The van der Waals surface area contributed by atoms with Crippen molar-refractivity contribution in [2.75, 3.05) is 13.1 Å². The second-order valence-corrected chi connectivity index (χ2v) is 2.95. The Hall–Kier alpha value is -1.32. The predicted molar refractivity (Wildman–Crippen MR) is 47.5 cm³/mol. The number of aliphatic imine (C=N–C) groups is 1. The highest BCUT2D eigenvalue weighted by atomic mass is 15.1. The molecule has 0 aliphatic carbocycles. The summed E-state index contributed by atoms with van der Waals surface area (Å²) in [4.78, 5) is 11.8. The van der Waals surface area contributed by atoms with Crippen LogP contribution >= 0.6 is 0 Å². The van der Waals surface area contributed by atoms with E-state index in [4.69, 9.17) is 0 Å². The Morgan fingerprint density at radius 2 is 2.17 bits per heavy atom. The van der Waals surface area contributed by atoms with Gasteiger partial charge in [0.05, 0.1) is 6.54 Å². The van der Waals surface area contributed by atoms with Crippen molar-refractivity contribution in [2.45, 2.75) is 13.8 Å². The largest absolute Gasteiger partial charge is 0.367 e. The number of aromatic nitrogens is 2. The van der Waals surface area contributed by atoms with Crippen LogP contribution in [0.3, 0.4) is 0 Å². The average molecular weight is 164 g/mol. The predicted octanol–water partition coefficient (Wildman–Crippen LogP) is 0.376. The van der Waals surface area contributed by atoms with Crippen molar-refractivity contribution < 1.29 is 0 Å². The summed E-state index contributed by atoms with van der Waals surface area (Å²) < 4.78 is 0. The van der Waals surface area contributed by atoms with Crippen LogP contribution in [0.5, 0.6) is 0 Å². The molecule has 0 fully saturated rings. The summed E-state index contributed by atoms with van der Waals surface area (Å²) in [6.45, 7) is 5.76. The monoisotopic (exact) mass is 164 g/mol. The van der Waals surface area contributed by atoms with E-state index < -0.39 is 0 Å². The third-order valence-electron chi connectivity index (χ3n) is 1.90. The molecule has 0 saturated heterocycles. The quantitative estimate of drug-likeness (QED) is 0.630. The van der Waals surface area contributed by atoms with Gasteiger partial charge in [-0.05, 0) is 13.8 Å². The number of hydrogen-bond donors (Lipinski definition) is 2. The number of aryl methyl sites for hydroxylation is 2. The lowest BCUT2D eigenvalue weighted by molar-refractivity contribution is 0.958. The normalized spacial score (nSPS) is 16.0. The van der Waals surface area contributed by atoms with Crippen LogP contribution < -0.4 is 5.32 Å². The molecule has 1 aromatic rings. The van der Waals surface area contributed by atoms with Gasteiger partial charge >= 0.3 is 0 Å². The fourth-order valence-electron chi connectivity index (χ4n) is 1.40. The van der Waals surface area contributed by atoms with Crippen molar-refractivity contribution in [2.24, 2.45) is 4.99 Å². The van der Waals surface area contributed by atoms with Gasteiger partial charge in [-0.1, -0.05) is 0 Å². The molecule has 0 unspecified atom stereocenters. The number of imidazole rings is 1. The summed E-state index contributed by atoms with van der Waals surface area (Å²) in [5.41, 5.74) is 2.05. The Balaban J connectivity index is 2.38. The fraction of sp³-hybridized carbons (Fsp3) is 0.500. The standard InChI is InChI=1S/C8H12N4/c1-5-7(12-6(2)11-5)8-9-3-4-10-8/h3-4H2,1-2H3,(H,9,10)(H,11,12). The zero-order chi connectivity index (χ0) is 8.55. The average Bonchev–Trinajstić information content (AvgIpc) is 2.58. The van der Waals surface area contributed by atoms with Crippen molar-refractivity contribution in [3.63, 3.8) is 0 Å². The van der Waals surface area contributed by atoms with Crippen molar-refractivity contribution in [1.29, 1.82) is 0 Å². The summed E-state index contributed by atoms with van der Waals surface area (Å²) in [6.07, 6.45) is 0. The minimum absolute atomic E-state index is 0.862. The highest BCUT2D eigenvalue weighted by Crippen LogP contribution is 2.06. The van der Waals surface area contributed by atoms with E-state index in [1.54, 1.807) is 0 Å². The van der Waals surface area contributed by atoms with Crippen molar-refractivity contribution in [3.8, 4) is 0 Å². The van der Waals surface area contributed by atoms with E-state index in [1.807, 2.05) is 13.8 Å². The first kappa shape index (κ1) is 7.34. The molecule has 4 heteroatoms. The molecule has 1 aromatic heterocycles. The van der Waals surface area contributed by atoms with E-state index in [9.17, 15) is 0 Å². The number of nitrogens with one attached hydrogen (secondary N) is 2. The van der Waals surface area contributed by atoms with Gasteiger partial charge in [0.25, 0.3) is 0 Å². The molecule has 1 aliphatic rings. The fourth-order valence-corrected chi connectivity index (χ4v) is 1.40. The Morgan fingerprint density at radius 3 is 2.67 bits per heavy atom. The topological polar surface area (TPSA) is 53.1 Å². The van der Waals surface area contributed by atoms with Gasteiger partial charge in [-0.15, -0.1) is 0 Å². The molecule has 2 rings (SSSR count). The van der Waals surface area contributed by atoms with Gasteiger partial charge in [-0.3, -0.25) is 4.99 Å². The van der Waals surface area contributed by atoms with Gasteiger partial charge in [0.2, 0.25) is 0 Å². The summed E-state index contributed by atoms with van der Waals surface area (Å²) in [7, 11) is 0. The second-order valence-electron chi connectivity index (χ2n) is 2.95. The molecule has 1 aliphatic heterocycles. The molecule has 2 heterocycles. The smallest absolute Gasteiger partial charge is 0.149 e. The van der Waals surface area contributed by atoms with Crippen molar-refractivity contribution in [3.05, 3.63) is 17.2 Å². The molecule has 0 amide bonds. The molecular formula is C8H12N4. The van der Waals surface area contributed by atoms with Crippen LogP contribution in [0.25, 0.3) is 0 Å². The number of nitrogens with zero attached hydrogens (tertiary/aromatic N) is 2. The molecule has 2 N–H and O–H groups in total. The molecule has 0 bridgehead atoms. The Bertz CT molecular complexity index is 324. The van der Waals surface area contributed by atoms with E-state index >= 15 is 0 Å². The lowest BCUT2D eigenvalue weighted by atomic mass is 10.3. The minimum Gasteiger partial charge on any atom is -0.367 e. The Kier molecular flexibility index (Phi) is 1.60. The zero-order valence-corrected chi connectivity index (χ0v) is 7.31. The minimum atomic E-state index is 0.862. The second kappa shape index (κ2) is 2.62. The van der Waals surface area contributed by atoms with Gasteiger partial charge in [-0.2, -0.15) is 0 Å². The van der Waals surface area contributed by atoms with Crippen LogP contribution in [0.15, 0.2) is 4.99 Å². The van der Waals surface area contributed by atoms with Crippen LogP contribution in [-0.2, 0) is 0 Å². The van der Waals surface area contributed by atoms with Gasteiger partial charge in [-0.25, -0.2) is 4.98 Å². The third-order valence-corrected chi connectivity index (χ3v) is 1.90. The van der Waals surface area contributed by atoms with E-state index in [2.05, 4.69) is 20.3 Å². The first-order valence-corrected chi connectivity index (χ1v) is 4.09. The van der Waals surface area contributed by atoms with E-state index in [0.717, 1.165) is 36.1 Å². The molecule has 0 aromatic carbocycles.